The predicted molar refractivity (Wildman–Crippen MR) is 118 cm³/mol. The van der Waals surface area contributed by atoms with Crippen molar-refractivity contribution in [3.05, 3.63) is 66.2 Å². The SMILES string of the molecule is COc1ccc(OC)c(N(CC(=O)NCc2cccc3ccccc23)S(C)(=O)=O)c1. The first kappa shape index (κ1) is 21.4. The number of ether oxygens (including phenoxy) is 2. The molecule has 3 aromatic rings. The van der Waals surface area contributed by atoms with Crippen LogP contribution >= 0.6 is 0 Å². The Bertz CT molecular complexity index is 1160. The Morgan fingerprint density at radius 1 is 1.00 bits per heavy atom. The molecule has 0 spiro atoms. The molecular formula is C22H24N2O5S. The normalized spacial score (nSPS) is 11.2. The van der Waals surface area contributed by atoms with Gasteiger partial charge in [-0.2, -0.15) is 0 Å². The molecule has 0 radical (unpaired) electrons. The van der Waals surface area contributed by atoms with Gasteiger partial charge < -0.3 is 14.8 Å². The fourth-order valence-electron chi connectivity index (χ4n) is 3.20. The maximum atomic E-state index is 12.6. The zero-order chi connectivity index (χ0) is 21.7. The van der Waals surface area contributed by atoms with Crippen LogP contribution in [0.3, 0.4) is 0 Å². The van der Waals surface area contributed by atoms with Crippen molar-refractivity contribution in [3.63, 3.8) is 0 Å². The Labute approximate surface area is 176 Å². The fraction of sp³-hybridized carbons (Fsp3) is 0.227. The van der Waals surface area contributed by atoms with Gasteiger partial charge in [0.05, 0.1) is 26.2 Å². The van der Waals surface area contributed by atoms with Crippen molar-refractivity contribution in [2.75, 3.05) is 31.3 Å². The minimum atomic E-state index is -3.75. The average molecular weight is 429 g/mol. The van der Waals surface area contributed by atoms with E-state index in [0.717, 1.165) is 26.9 Å². The number of carbonyl (C=O) groups excluding carboxylic acids is 1. The lowest BCUT2D eigenvalue weighted by Crippen LogP contribution is -2.40. The summed E-state index contributed by atoms with van der Waals surface area (Å²) in [5, 5.41) is 4.92. The van der Waals surface area contributed by atoms with Gasteiger partial charge in [0.15, 0.2) is 0 Å². The number of hydrogen-bond acceptors (Lipinski definition) is 5. The first-order valence-corrected chi connectivity index (χ1v) is 11.1. The highest BCUT2D eigenvalue weighted by molar-refractivity contribution is 7.92. The molecule has 1 amide bonds. The molecule has 0 saturated carbocycles. The summed E-state index contributed by atoms with van der Waals surface area (Å²) in [5.41, 5.74) is 1.19. The first-order valence-electron chi connectivity index (χ1n) is 9.26. The van der Waals surface area contributed by atoms with E-state index in [0.29, 0.717) is 11.5 Å². The topological polar surface area (TPSA) is 84.9 Å². The smallest absolute Gasteiger partial charge is 0.241 e. The molecule has 0 atom stereocenters. The van der Waals surface area contributed by atoms with Crippen molar-refractivity contribution in [2.24, 2.45) is 0 Å². The Morgan fingerprint density at radius 3 is 2.43 bits per heavy atom. The third-order valence-corrected chi connectivity index (χ3v) is 5.82. The fourth-order valence-corrected chi connectivity index (χ4v) is 4.05. The molecule has 0 aliphatic rings. The number of nitrogens with zero attached hydrogens (tertiary/aromatic N) is 1. The highest BCUT2D eigenvalue weighted by atomic mass is 32.2. The van der Waals surface area contributed by atoms with E-state index in [2.05, 4.69) is 5.32 Å². The Kier molecular flexibility index (Phi) is 6.47. The van der Waals surface area contributed by atoms with E-state index in [1.807, 2.05) is 42.5 Å². The molecule has 1 N–H and O–H groups in total. The number of hydrogen-bond donors (Lipinski definition) is 1. The van der Waals surface area contributed by atoms with Gasteiger partial charge in [-0.3, -0.25) is 9.10 Å². The predicted octanol–water partition coefficient (Wildman–Crippen LogP) is 2.94. The van der Waals surface area contributed by atoms with Crippen molar-refractivity contribution in [3.8, 4) is 11.5 Å². The standard InChI is InChI=1S/C22H24N2O5S/c1-28-18-11-12-21(29-2)20(13-18)24(30(3,26)27)15-22(25)23-14-17-9-6-8-16-7-4-5-10-19(16)17/h4-13H,14-15H2,1-3H3,(H,23,25). The van der Waals surface area contributed by atoms with Crippen LogP contribution in [0.1, 0.15) is 5.56 Å². The molecule has 0 unspecified atom stereocenters. The number of sulfonamides is 1. The number of nitrogens with one attached hydrogen (secondary N) is 1. The van der Waals surface area contributed by atoms with Gasteiger partial charge >= 0.3 is 0 Å². The van der Waals surface area contributed by atoms with E-state index in [-0.39, 0.29) is 18.8 Å². The third kappa shape index (κ3) is 4.83. The van der Waals surface area contributed by atoms with E-state index in [1.54, 1.807) is 12.1 Å². The van der Waals surface area contributed by atoms with Gasteiger partial charge in [0.1, 0.15) is 18.0 Å². The maximum Gasteiger partial charge on any atom is 0.241 e. The van der Waals surface area contributed by atoms with E-state index in [1.165, 1.54) is 20.3 Å². The number of carbonyl (C=O) groups is 1. The van der Waals surface area contributed by atoms with Gasteiger partial charge in [-0.05, 0) is 28.5 Å². The summed E-state index contributed by atoms with van der Waals surface area (Å²) in [7, 11) is -0.835. The second-order valence-electron chi connectivity index (χ2n) is 6.72. The van der Waals surface area contributed by atoms with Crippen molar-refractivity contribution < 1.29 is 22.7 Å². The number of amides is 1. The average Bonchev–Trinajstić information content (AvgIpc) is 2.74. The molecule has 3 rings (SSSR count). The van der Waals surface area contributed by atoms with E-state index < -0.39 is 15.9 Å². The Hall–Kier alpha value is -3.26. The third-order valence-electron chi connectivity index (χ3n) is 4.70. The van der Waals surface area contributed by atoms with Gasteiger partial charge in [-0.25, -0.2) is 8.42 Å². The summed E-state index contributed by atoms with van der Waals surface area (Å²) in [5.74, 6) is 0.344. The highest BCUT2D eigenvalue weighted by Gasteiger charge is 2.24. The van der Waals surface area contributed by atoms with Crippen molar-refractivity contribution in [1.29, 1.82) is 0 Å². The number of methoxy groups -OCH3 is 2. The molecule has 0 aliphatic carbocycles. The Balaban J connectivity index is 1.82. The van der Waals surface area contributed by atoms with Crippen molar-refractivity contribution in [2.45, 2.75) is 6.54 Å². The monoisotopic (exact) mass is 428 g/mol. The van der Waals surface area contributed by atoms with Gasteiger partial charge in [0.2, 0.25) is 15.9 Å². The van der Waals surface area contributed by atoms with Crippen LogP contribution in [0.4, 0.5) is 5.69 Å². The molecular weight excluding hydrogens is 404 g/mol. The molecule has 158 valence electrons. The van der Waals surface area contributed by atoms with E-state index >= 15 is 0 Å². The second kappa shape index (κ2) is 9.04. The van der Waals surface area contributed by atoms with E-state index in [4.69, 9.17) is 9.47 Å². The summed E-state index contributed by atoms with van der Waals surface area (Å²) in [6.45, 7) is -0.0971. The summed E-state index contributed by atoms with van der Waals surface area (Å²) < 4.78 is 36.4. The van der Waals surface area contributed by atoms with E-state index in [9.17, 15) is 13.2 Å². The van der Waals surface area contributed by atoms with Crippen molar-refractivity contribution in [1.82, 2.24) is 5.32 Å². The maximum absolute atomic E-state index is 12.6. The van der Waals surface area contributed by atoms with Gasteiger partial charge in [0.25, 0.3) is 0 Å². The van der Waals surface area contributed by atoms with Crippen LogP contribution in [0.5, 0.6) is 11.5 Å². The van der Waals surface area contributed by atoms with Crippen LogP contribution in [0.25, 0.3) is 10.8 Å². The number of anilines is 1. The summed E-state index contributed by atoms with van der Waals surface area (Å²) in [6.07, 6.45) is 1.05. The van der Waals surface area contributed by atoms with Crippen molar-refractivity contribution >= 4 is 32.4 Å². The first-order chi connectivity index (χ1) is 14.3. The van der Waals surface area contributed by atoms with Crippen LogP contribution in [-0.4, -0.2) is 41.3 Å². The van der Waals surface area contributed by atoms with Crippen LogP contribution in [0, 0.1) is 0 Å². The summed E-state index contributed by atoms with van der Waals surface area (Å²) >= 11 is 0. The molecule has 30 heavy (non-hydrogen) atoms. The van der Waals surface area contributed by atoms with Gasteiger partial charge in [-0.15, -0.1) is 0 Å². The summed E-state index contributed by atoms with van der Waals surface area (Å²) in [4.78, 5) is 12.6. The van der Waals surface area contributed by atoms with Crippen LogP contribution in [0.2, 0.25) is 0 Å². The molecule has 0 aromatic heterocycles. The lowest BCUT2D eigenvalue weighted by Gasteiger charge is -2.24. The quantitative estimate of drug-likeness (QED) is 0.596. The minimum absolute atomic E-state index is 0.236. The molecule has 0 heterocycles. The second-order valence-corrected chi connectivity index (χ2v) is 8.63. The van der Waals surface area contributed by atoms with Gasteiger partial charge in [0, 0.05) is 12.6 Å². The number of rotatable bonds is 8. The highest BCUT2D eigenvalue weighted by Crippen LogP contribution is 2.33. The molecule has 3 aromatic carbocycles. The minimum Gasteiger partial charge on any atom is -0.497 e. The lowest BCUT2D eigenvalue weighted by molar-refractivity contribution is -0.119. The molecule has 8 heteroatoms. The van der Waals surface area contributed by atoms with Crippen LogP contribution in [-0.2, 0) is 21.4 Å². The molecule has 0 aliphatic heterocycles. The zero-order valence-corrected chi connectivity index (χ0v) is 17.9. The number of benzene rings is 3. The number of fused-ring (bicyclic) bond motifs is 1. The zero-order valence-electron chi connectivity index (χ0n) is 17.1. The molecule has 0 saturated heterocycles. The van der Waals surface area contributed by atoms with Gasteiger partial charge in [-0.1, -0.05) is 42.5 Å². The molecule has 0 bridgehead atoms. The summed E-state index contributed by atoms with van der Waals surface area (Å²) in [6, 6.07) is 18.5. The Morgan fingerprint density at radius 2 is 1.73 bits per heavy atom. The molecule has 7 nitrogen and oxygen atoms in total. The largest absolute Gasteiger partial charge is 0.497 e. The molecule has 0 fully saturated rings. The van der Waals surface area contributed by atoms with Crippen LogP contribution < -0.4 is 19.1 Å². The lowest BCUT2D eigenvalue weighted by atomic mass is 10.0. The van der Waals surface area contributed by atoms with Crippen LogP contribution in [0.15, 0.2) is 60.7 Å².